The van der Waals surface area contributed by atoms with Gasteiger partial charge in [0.1, 0.15) is 5.82 Å². The van der Waals surface area contributed by atoms with Gasteiger partial charge in [0, 0.05) is 12.1 Å². The molecule has 0 radical (unpaired) electrons. The minimum absolute atomic E-state index is 0.00768. The van der Waals surface area contributed by atoms with Crippen molar-refractivity contribution in [2.24, 2.45) is 0 Å². The van der Waals surface area contributed by atoms with E-state index < -0.39 is 11.8 Å². The first-order valence-electron chi connectivity index (χ1n) is 6.56. The summed E-state index contributed by atoms with van der Waals surface area (Å²) in [6.07, 6.45) is 2.59. The normalized spacial score (nSPS) is 29.6. The average molecular weight is 265 g/mol. The molecular weight excluding hydrogens is 249 g/mol. The van der Waals surface area contributed by atoms with Gasteiger partial charge in [-0.05, 0) is 37.8 Å². The van der Waals surface area contributed by atoms with Crippen molar-refractivity contribution in [3.05, 3.63) is 29.6 Å². The van der Waals surface area contributed by atoms with Crippen LogP contribution in [0.25, 0.3) is 0 Å². The Morgan fingerprint density at radius 3 is 2.47 bits per heavy atom. The highest BCUT2D eigenvalue weighted by molar-refractivity contribution is 5.94. The molecule has 1 aromatic rings. The minimum Gasteiger partial charge on any atom is -0.478 e. The van der Waals surface area contributed by atoms with Crippen molar-refractivity contribution in [3.63, 3.8) is 0 Å². The molecule has 1 aromatic carbocycles. The third-order valence-electron chi connectivity index (χ3n) is 4.18. The first kappa shape index (κ1) is 12.4. The summed E-state index contributed by atoms with van der Waals surface area (Å²) in [5.41, 5.74) is 0.197. The van der Waals surface area contributed by atoms with E-state index in [9.17, 15) is 19.4 Å². The lowest BCUT2D eigenvalue weighted by molar-refractivity contribution is 0.0696. The first-order chi connectivity index (χ1) is 9.08. The van der Waals surface area contributed by atoms with E-state index in [2.05, 4.69) is 0 Å². The van der Waals surface area contributed by atoms with E-state index in [1.807, 2.05) is 4.90 Å². The Labute approximate surface area is 110 Å². The number of hydrogen-bond donors (Lipinski definition) is 2. The van der Waals surface area contributed by atoms with E-state index in [1.165, 1.54) is 18.2 Å². The smallest absolute Gasteiger partial charge is 0.337 e. The lowest BCUT2D eigenvalue weighted by Gasteiger charge is -2.39. The third-order valence-corrected chi connectivity index (χ3v) is 4.18. The van der Waals surface area contributed by atoms with Gasteiger partial charge in [0.15, 0.2) is 0 Å². The maximum Gasteiger partial charge on any atom is 0.337 e. The SMILES string of the molecule is O=C(O)c1cccc(F)c1N1C2CCC1CC(O)C2. The van der Waals surface area contributed by atoms with Crippen molar-refractivity contribution < 1.29 is 19.4 Å². The topological polar surface area (TPSA) is 60.8 Å². The molecule has 2 atom stereocenters. The Balaban J connectivity index is 2.06. The second-order valence-electron chi connectivity index (χ2n) is 5.36. The highest BCUT2D eigenvalue weighted by Gasteiger charge is 2.42. The van der Waals surface area contributed by atoms with Crippen molar-refractivity contribution in [3.8, 4) is 0 Å². The molecule has 0 spiro atoms. The Hall–Kier alpha value is -1.62. The van der Waals surface area contributed by atoms with E-state index in [0.29, 0.717) is 12.8 Å². The van der Waals surface area contributed by atoms with Crippen molar-refractivity contribution in [1.29, 1.82) is 0 Å². The van der Waals surface area contributed by atoms with Crippen LogP contribution in [0, 0.1) is 5.82 Å². The number of benzene rings is 1. The maximum atomic E-state index is 14.1. The molecule has 19 heavy (non-hydrogen) atoms. The van der Waals surface area contributed by atoms with Gasteiger partial charge in [0.25, 0.3) is 0 Å². The second-order valence-corrected chi connectivity index (χ2v) is 5.36. The summed E-state index contributed by atoms with van der Waals surface area (Å²) in [7, 11) is 0. The predicted octanol–water partition coefficient (Wildman–Crippen LogP) is 2.02. The summed E-state index contributed by atoms with van der Waals surface area (Å²) in [5, 5.41) is 19.0. The molecule has 2 bridgehead atoms. The molecule has 2 saturated heterocycles. The molecule has 102 valence electrons. The van der Waals surface area contributed by atoms with Gasteiger partial charge in [0.2, 0.25) is 0 Å². The Kier molecular flexibility index (Phi) is 2.93. The minimum atomic E-state index is -1.11. The van der Waals surface area contributed by atoms with Gasteiger partial charge < -0.3 is 15.1 Å². The third kappa shape index (κ3) is 1.98. The zero-order valence-electron chi connectivity index (χ0n) is 10.4. The van der Waals surface area contributed by atoms with E-state index >= 15 is 0 Å². The van der Waals surface area contributed by atoms with Crippen molar-refractivity contribution in [1.82, 2.24) is 0 Å². The number of anilines is 1. The van der Waals surface area contributed by atoms with Crippen molar-refractivity contribution in [2.75, 3.05) is 4.90 Å². The molecule has 2 aliphatic rings. The predicted molar refractivity (Wildman–Crippen MR) is 67.9 cm³/mol. The number of aliphatic hydroxyl groups excluding tert-OH is 1. The van der Waals surface area contributed by atoms with Crippen LogP contribution in [0.2, 0.25) is 0 Å². The van der Waals surface area contributed by atoms with Crippen LogP contribution in [-0.4, -0.2) is 34.4 Å². The van der Waals surface area contributed by atoms with Crippen LogP contribution < -0.4 is 4.90 Å². The molecule has 0 saturated carbocycles. The number of aromatic carboxylic acids is 1. The molecule has 2 N–H and O–H groups in total. The zero-order valence-corrected chi connectivity index (χ0v) is 10.4. The molecule has 0 amide bonds. The van der Waals surface area contributed by atoms with Gasteiger partial charge in [-0.2, -0.15) is 0 Å². The number of halogens is 1. The Bertz CT molecular complexity index is 505. The van der Waals surface area contributed by atoms with Crippen molar-refractivity contribution in [2.45, 2.75) is 43.9 Å². The van der Waals surface area contributed by atoms with Gasteiger partial charge in [-0.15, -0.1) is 0 Å². The lowest BCUT2D eigenvalue weighted by atomic mass is 9.97. The number of carboxylic acid groups (broad SMARTS) is 1. The molecule has 2 aliphatic heterocycles. The number of carboxylic acids is 1. The number of carbonyl (C=O) groups is 1. The highest BCUT2D eigenvalue weighted by Crippen LogP contribution is 2.41. The van der Waals surface area contributed by atoms with Crippen molar-refractivity contribution >= 4 is 11.7 Å². The largest absolute Gasteiger partial charge is 0.478 e. The van der Waals surface area contributed by atoms with Gasteiger partial charge in [0.05, 0.1) is 17.4 Å². The van der Waals surface area contributed by atoms with Gasteiger partial charge >= 0.3 is 5.97 Å². The van der Waals surface area contributed by atoms with Crippen LogP contribution in [0.4, 0.5) is 10.1 Å². The molecule has 2 heterocycles. The van der Waals surface area contributed by atoms with E-state index in [4.69, 9.17) is 0 Å². The summed E-state index contributed by atoms with van der Waals surface area (Å²) in [6.45, 7) is 0. The Morgan fingerprint density at radius 2 is 1.89 bits per heavy atom. The number of aliphatic hydroxyl groups is 1. The summed E-state index contributed by atoms with van der Waals surface area (Å²) in [5.74, 6) is -1.60. The van der Waals surface area contributed by atoms with E-state index in [1.54, 1.807) is 0 Å². The van der Waals surface area contributed by atoms with Gasteiger partial charge in [-0.1, -0.05) is 6.07 Å². The molecule has 2 fully saturated rings. The standard InChI is InChI=1S/C14H16FNO3/c15-12-3-1-2-11(14(18)19)13(12)16-8-4-5-9(16)7-10(17)6-8/h1-3,8-10,17H,4-7H2,(H,18,19). The fourth-order valence-corrected chi connectivity index (χ4v) is 3.46. The second kappa shape index (κ2) is 4.49. The summed E-state index contributed by atoms with van der Waals surface area (Å²) >= 11 is 0. The zero-order chi connectivity index (χ0) is 13.6. The fourth-order valence-electron chi connectivity index (χ4n) is 3.46. The number of nitrogens with zero attached hydrogens (tertiary/aromatic N) is 1. The molecular formula is C14H16FNO3. The number of para-hydroxylation sites is 1. The summed E-state index contributed by atoms with van der Waals surface area (Å²) in [4.78, 5) is 13.2. The maximum absolute atomic E-state index is 14.1. The van der Waals surface area contributed by atoms with Gasteiger partial charge in [-0.3, -0.25) is 0 Å². The molecule has 0 aliphatic carbocycles. The number of fused-ring (bicyclic) bond motifs is 2. The molecule has 5 heteroatoms. The van der Waals surface area contributed by atoms with Crippen LogP contribution in [0.1, 0.15) is 36.0 Å². The van der Waals surface area contributed by atoms with E-state index in [-0.39, 0.29) is 29.4 Å². The van der Waals surface area contributed by atoms with Crippen LogP contribution in [0.5, 0.6) is 0 Å². The monoisotopic (exact) mass is 265 g/mol. The lowest BCUT2D eigenvalue weighted by Crippen LogP contribution is -2.45. The summed E-state index contributed by atoms with van der Waals surface area (Å²) < 4.78 is 14.1. The number of rotatable bonds is 2. The highest BCUT2D eigenvalue weighted by atomic mass is 19.1. The molecule has 2 unspecified atom stereocenters. The van der Waals surface area contributed by atoms with Crippen LogP contribution >= 0.6 is 0 Å². The Morgan fingerprint density at radius 1 is 1.26 bits per heavy atom. The van der Waals surface area contributed by atoms with Gasteiger partial charge in [-0.25, -0.2) is 9.18 Å². The summed E-state index contributed by atoms with van der Waals surface area (Å²) in [6, 6.07) is 4.24. The quantitative estimate of drug-likeness (QED) is 0.858. The first-order valence-corrected chi connectivity index (χ1v) is 6.56. The molecule has 4 nitrogen and oxygen atoms in total. The van der Waals surface area contributed by atoms with Crippen LogP contribution in [-0.2, 0) is 0 Å². The van der Waals surface area contributed by atoms with E-state index in [0.717, 1.165) is 12.8 Å². The number of hydrogen-bond acceptors (Lipinski definition) is 3. The number of piperidine rings is 1. The molecule has 3 rings (SSSR count). The fraction of sp³-hybridized carbons (Fsp3) is 0.500. The average Bonchev–Trinajstić information content (AvgIpc) is 2.61. The van der Waals surface area contributed by atoms with Crippen LogP contribution in [0.15, 0.2) is 18.2 Å². The molecule has 0 aromatic heterocycles. The van der Waals surface area contributed by atoms with Crippen LogP contribution in [0.3, 0.4) is 0 Å².